The van der Waals surface area contributed by atoms with E-state index in [1.807, 2.05) is 44.2 Å². The third-order valence-electron chi connectivity index (χ3n) is 3.07. The van der Waals surface area contributed by atoms with Crippen molar-refractivity contribution in [2.24, 2.45) is 0 Å². The van der Waals surface area contributed by atoms with Gasteiger partial charge in [-0.05, 0) is 49.7 Å². The van der Waals surface area contributed by atoms with E-state index in [1.165, 1.54) is 0 Å². The van der Waals surface area contributed by atoms with E-state index in [1.54, 1.807) is 23.1 Å². The lowest BCUT2D eigenvalue weighted by atomic mass is 10.1. The number of phenols is 1. The first-order valence-corrected chi connectivity index (χ1v) is 6.30. The maximum Gasteiger partial charge on any atom is 0.258 e. The highest BCUT2D eigenvalue weighted by molar-refractivity contribution is 6.07. The number of benzene rings is 2. The average Bonchev–Trinajstić information content (AvgIpc) is 2.40. The van der Waals surface area contributed by atoms with Crippen LogP contribution in [0.25, 0.3) is 0 Å². The highest BCUT2D eigenvalue weighted by Crippen LogP contribution is 2.21. The number of hydrogen-bond donors (Lipinski definition) is 1. The van der Waals surface area contributed by atoms with Gasteiger partial charge in [-0.15, -0.1) is 0 Å². The smallest absolute Gasteiger partial charge is 0.258 e. The summed E-state index contributed by atoms with van der Waals surface area (Å²) in [5.74, 6) is 0.128. The van der Waals surface area contributed by atoms with Crippen LogP contribution in [0.2, 0.25) is 0 Å². The molecule has 3 nitrogen and oxygen atoms in total. The predicted octanol–water partition coefficient (Wildman–Crippen LogP) is 3.37. The number of nitrogens with zero attached hydrogens (tertiary/aromatic N) is 1. The van der Waals surface area contributed by atoms with Gasteiger partial charge in [-0.3, -0.25) is 4.79 Å². The molecule has 0 aliphatic rings. The molecule has 2 rings (SSSR count). The van der Waals surface area contributed by atoms with E-state index in [-0.39, 0.29) is 11.7 Å². The molecule has 0 fully saturated rings. The number of phenolic OH excluding ortho intramolecular Hbond substituents is 1. The van der Waals surface area contributed by atoms with Crippen LogP contribution in [0.1, 0.15) is 22.8 Å². The normalized spacial score (nSPS) is 10.2. The quantitative estimate of drug-likeness (QED) is 0.913. The number of carbonyl (C=O) groups excluding carboxylic acids is 1. The monoisotopic (exact) mass is 255 g/mol. The number of amides is 1. The Hall–Kier alpha value is -2.29. The lowest BCUT2D eigenvalue weighted by molar-refractivity contribution is 0.0987. The summed E-state index contributed by atoms with van der Waals surface area (Å²) in [6, 6.07) is 14.4. The summed E-state index contributed by atoms with van der Waals surface area (Å²) in [5, 5.41) is 9.41. The molecule has 0 bridgehead atoms. The largest absolute Gasteiger partial charge is 0.508 e. The zero-order chi connectivity index (χ0) is 13.8. The van der Waals surface area contributed by atoms with E-state index < -0.39 is 0 Å². The first-order chi connectivity index (χ1) is 9.13. The van der Waals surface area contributed by atoms with Gasteiger partial charge in [-0.25, -0.2) is 0 Å². The van der Waals surface area contributed by atoms with Crippen LogP contribution in [0.4, 0.5) is 5.69 Å². The molecule has 1 N–H and O–H groups in total. The van der Waals surface area contributed by atoms with Crippen molar-refractivity contribution in [1.82, 2.24) is 0 Å². The van der Waals surface area contributed by atoms with E-state index in [2.05, 4.69) is 0 Å². The van der Waals surface area contributed by atoms with E-state index in [0.717, 1.165) is 11.3 Å². The number of hydrogen-bond acceptors (Lipinski definition) is 2. The van der Waals surface area contributed by atoms with Gasteiger partial charge >= 0.3 is 0 Å². The van der Waals surface area contributed by atoms with Crippen molar-refractivity contribution in [1.29, 1.82) is 0 Å². The molecule has 0 aliphatic heterocycles. The third kappa shape index (κ3) is 2.76. The summed E-state index contributed by atoms with van der Waals surface area (Å²) in [5.41, 5.74) is 2.27. The molecule has 0 aromatic heterocycles. The van der Waals surface area contributed by atoms with Crippen molar-refractivity contribution in [3.63, 3.8) is 0 Å². The second-order valence-corrected chi connectivity index (χ2v) is 4.38. The van der Waals surface area contributed by atoms with Crippen LogP contribution < -0.4 is 4.90 Å². The van der Waals surface area contributed by atoms with Crippen LogP contribution in [0, 0.1) is 6.92 Å². The molecule has 0 aliphatic carbocycles. The molecule has 0 atom stereocenters. The first kappa shape index (κ1) is 13.1. The average molecular weight is 255 g/mol. The Morgan fingerprint density at radius 1 is 1.16 bits per heavy atom. The molecule has 0 saturated heterocycles. The first-order valence-electron chi connectivity index (χ1n) is 6.30. The number of aryl methyl sites for hydroxylation is 1. The van der Waals surface area contributed by atoms with E-state index in [9.17, 15) is 9.90 Å². The number of carbonyl (C=O) groups is 1. The Morgan fingerprint density at radius 2 is 1.84 bits per heavy atom. The van der Waals surface area contributed by atoms with Gasteiger partial charge < -0.3 is 10.0 Å². The van der Waals surface area contributed by atoms with Gasteiger partial charge in [-0.1, -0.05) is 18.2 Å². The fourth-order valence-electron chi connectivity index (χ4n) is 2.08. The van der Waals surface area contributed by atoms with Gasteiger partial charge in [0, 0.05) is 17.8 Å². The molecule has 0 unspecified atom stereocenters. The Kier molecular flexibility index (Phi) is 3.85. The number of rotatable bonds is 3. The topological polar surface area (TPSA) is 40.5 Å². The summed E-state index contributed by atoms with van der Waals surface area (Å²) < 4.78 is 0. The molecule has 19 heavy (non-hydrogen) atoms. The molecule has 98 valence electrons. The van der Waals surface area contributed by atoms with Crippen molar-refractivity contribution in [3.05, 3.63) is 59.7 Å². The molecule has 0 heterocycles. The summed E-state index contributed by atoms with van der Waals surface area (Å²) in [6.07, 6.45) is 0. The number of aromatic hydroxyl groups is 1. The zero-order valence-corrected chi connectivity index (χ0v) is 11.1. The van der Waals surface area contributed by atoms with Gasteiger partial charge in [0.2, 0.25) is 0 Å². The van der Waals surface area contributed by atoms with Crippen LogP contribution >= 0.6 is 0 Å². The molecule has 0 spiro atoms. The molecule has 0 radical (unpaired) electrons. The zero-order valence-electron chi connectivity index (χ0n) is 11.1. The summed E-state index contributed by atoms with van der Waals surface area (Å²) in [4.78, 5) is 14.3. The minimum Gasteiger partial charge on any atom is -0.508 e. The van der Waals surface area contributed by atoms with E-state index in [4.69, 9.17) is 0 Å². The summed E-state index contributed by atoms with van der Waals surface area (Å²) in [7, 11) is 0. The summed E-state index contributed by atoms with van der Waals surface area (Å²) in [6.45, 7) is 4.37. The van der Waals surface area contributed by atoms with E-state index in [0.29, 0.717) is 12.1 Å². The van der Waals surface area contributed by atoms with Gasteiger partial charge in [0.1, 0.15) is 5.75 Å². The fourth-order valence-corrected chi connectivity index (χ4v) is 2.08. The van der Waals surface area contributed by atoms with Crippen LogP contribution in [0.3, 0.4) is 0 Å². The molecular formula is C16H17NO2. The van der Waals surface area contributed by atoms with Gasteiger partial charge in [0.25, 0.3) is 5.91 Å². The van der Waals surface area contributed by atoms with Crippen LogP contribution in [-0.2, 0) is 0 Å². The van der Waals surface area contributed by atoms with E-state index >= 15 is 0 Å². The van der Waals surface area contributed by atoms with Crippen molar-refractivity contribution >= 4 is 11.6 Å². The second kappa shape index (κ2) is 5.57. The van der Waals surface area contributed by atoms with Crippen molar-refractivity contribution < 1.29 is 9.90 Å². The molecule has 3 heteroatoms. The summed E-state index contributed by atoms with van der Waals surface area (Å²) >= 11 is 0. The Bertz CT molecular complexity index is 579. The molecular weight excluding hydrogens is 238 g/mol. The maximum atomic E-state index is 12.6. The lowest BCUT2D eigenvalue weighted by Gasteiger charge is -2.22. The molecule has 1 amide bonds. The van der Waals surface area contributed by atoms with Crippen LogP contribution in [-0.4, -0.2) is 17.6 Å². The lowest BCUT2D eigenvalue weighted by Crippen LogP contribution is -2.31. The molecule has 2 aromatic rings. The number of para-hydroxylation sites is 1. The predicted molar refractivity (Wildman–Crippen MR) is 76.6 cm³/mol. The third-order valence-corrected chi connectivity index (χ3v) is 3.07. The fraction of sp³-hybridized carbons (Fsp3) is 0.188. The highest BCUT2D eigenvalue weighted by atomic mass is 16.3. The second-order valence-electron chi connectivity index (χ2n) is 4.38. The van der Waals surface area contributed by atoms with Crippen LogP contribution in [0.5, 0.6) is 5.75 Å². The van der Waals surface area contributed by atoms with Gasteiger partial charge in [0.05, 0.1) is 0 Å². The van der Waals surface area contributed by atoms with Gasteiger partial charge in [-0.2, -0.15) is 0 Å². The van der Waals surface area contributed by atoms with Crippen LogP contribution in [0.15, 0.2) is 48.5 Å². The Morgan fingerprint density at radius 3 is 2.42 bits per heavy atom. The van der Waals surface area contributed by atoms with Crippen molar-refractivity contribution in [2.45, 2.75) is 13.8 Å². The van der Waals surface area contributed by atoms with Crippen molar-refractivity contribution in [2.75, 3.05) is 11.4 Å². The minimum absolute atomic E-state index is 0.0498. The van der Waals surface area contributed by atoms with Crippen molar-refractivity contribution in [3.8, 4) is 5.75 Å². The number of anilines is 1. The molecule has 0 saturated carbocycles. The maximum absolute atomic E-state index is 12.6. The van der Waals surface area contributed by atoms with Gasteiger partial charge in [0.15, 0.2) is 0 Å². The highest BCUT2D eigenvalue weighted by Gasteiger charge is 2.17. The Balaban J connectivity index is 2.36. The minimum atomic E-state index is -0.0498. The Labute approximate surface area is 113 Å². The SMILES string of the molecule is CCN(C(=O)c1ccc(O)cc1C)c1ccccc1. The molecule has 2 aromatic carbocycles. The standard InChI is InChI=1S/C16H17NO2/c1-3-17(13-7-5-4-6-8-13)16(19)15-10-9-14(18)11-12(15)2/h4-11,18H,3H2,1-2H3.